The molecule has 2 N–H and O–H groups in total. The Morgan fingerprint density at radius 3 is 2.31 bits per heavy atom. The molecule has 39 heavy (non-hydrogen) atoms. The Morgan fingerprint density at radius 2 is 1.69 bits per heavy atom. The highest BCUT2D eigenvalue weighted by atomic mass is 28.4. The maximum atomic E-state index is 13.1. The fourth-order valence-corrected chi connectivity index (χ4v) is 5.57. The van der Waals surface area contributed by atoms with E-state index in [0.717, 1.165) is 5.56 Å². The standard InChI is InChI=1S/C30H43N3O5Si/c1-20-21(2)33(22(3)34)26-15-14-24(28(35)31-16-17-38-39(7,8)30(4,5)6)18-25(26)27(20)32-29(36)37-19-23-12-10-9-11-13-23/h9-15,18,20-21,27H,16-17,19H2,1-8H3,(H,31,35)(H,32,36). The molecule has 1 aliphatic heterocycles. The number of rotatable bonds is 8. The van der Waals surface area contributed by atoms with Crippen LogP contribution in [0.2, 0.25) is 18.1 Å². The molecule has 0 bridgehead atoms. The third-order valence-electron chi connectivity index (χ3n) is 8.06. The minimum atomic E-state index is -1.90. The number of alkyl carbamates (subject to hydrolysis) is 1. The molecule has 0 aromatic heterocycles. The van der Waals surface area contributed by atoms with Crippen LogP contribution in [0.15, 0.2) is 48.5 Å². The molecule has 3 amide bonds. The topological polar surface area (TPSA) is 97.0 Å². The minimum Gasteiger partial charge on any atom is -0.445 e. The number of nitrogens with zero attached hydrogens (tertiary/aromatic N) is 1. The summed E-state index contributed by atoms with van der Waals surface area (Å²) in [6.07, 6.45) is -0.553. The van der Waals surface area contributed by atoms with Gasteiger partial charge in [-0.1, -0.05) is 58.0 Å². The number of fused-ring (bicyclic) bond motifs is 1. The number of benzene rings is 2. The Kier molecular flexibility index (Phi) is 9.61. The van der Waals surface area contributed by atoms with Crippen molar-refractivity contribution in [1.82, 2.24) is 10.6 Å². The van der Waals surface area contributed by atoms with Crippen molar-refractivity contribution in [3.8, 4) is 0 Å². The van der Waals surface area contributed by atoms with E-state index in [2.05, 4.69) is 44.5 Å². The summed E-state index contributed by atoms with van der Waals surface area (Å²) in [6.45, 7) is 17.3. The Hall–Kier alpha value is -3.17. The van der Waals surface area contributed by atoms with Crippen molar-refractivity contribution in [3.05, 3.63) is 65.2 Å². The number of nitrogens with one attached hydrogen (secondary N) is 2. The number of hydrogen-bond acceptors (Lipinski definition) is 5. The van der Waals surface area contributed by atoms with Crippen LogP contribution in [0.4, 0.5) is 10.5 Å². The van der Waals surface area contributed by atoms with E-state index in [9.17, 15) is 14.4 Å². The lowest BCUT2D eigenvalue weighted by molar-refractivity contribution is -0.117. The maximum Gasteiger partial charge on any atom is 0.407 e. The van der Waals surface area contributed by atoms with Gasteiger partial charge in [-0.25, -0.2) is 4.79 Å². The molecule has 0 saturated carbocycles. The first kappa shape index (κ1) is 30.4. The van der Waals surface area contributed by atoms with E-state index >= 15 is 0 Å². The van der Waals surface area contributed by atoms with Gasteiger partial charge in [-0.2, -0.15) is 0 Å². The van der Waals surface area contributed by atoms with Crippen LogP contribution in [0.5, 0.6) is 0 Å². The number of hydrogen-bond donors (Lipinski definition) is 2. The zero-order valence-electron chi connectivity index (χ0n) is 24.5. The van der Waals surface area contributed by atoms with Crippen LogP contribution in [0, 0.1) is 5.92 Å². The number of amides is 3. The molecule has 3 atom stereocenters. The largest absolute Gasteiger partial charge is 0.445 e. The smallest absolute Gasteiger partial charge is 0.407 e. The first-order valence-electron chi connectivity index (χ1n) is 13.6. The summed E-state index contributed by atoms with van der Waals surface area (Å²) in [4.78, 5) is 40.2. The Morgan fingerprint density at radius 1 is 1.03 bits per heavy atom. The monoisotopic (exact) mass is 553 g/mol. The molecule has 2 aromatic rings. The van der Waals surface area contributed by atoms with Gasteiger partial charge in [0.25, 0.3) is 5.91 Å². The fourth-order valence-electron chi connectivity index (χ4n) is 4.53. The molecule has 8 nitrogen and oxygen atoms in total. The molecule has 0 spiro atoms. The first-order valence-corrected chi connectivity index (χ1v) is 16.5. The molecule has 9 heteroatoms. The number of carbonyl (C=O) groups excluding carboxylic acids is 3. The molecule has 3 rings (SSSR count). The van der Waals surface area contributed by atoms with Gasteiger partial charge >= 0.3 is 6.09 Å². The molecular formula is C30H43N3O5Si. The van der Waals surface area contributed by atoms with Crippen LogP contribution in [0.3, 0.4) is 0 Å². The normalized spacial score (nSPS) is 19.2. The molecule has 1 aliphatic rings. The van der Waals surface area contributed by atoms with E-state index in [1.165, 1.54) is 6.92 Å². The number of ether oxygens (including phenoxy) is 1. The summed E-state index contributed by atoms with van der Waals surface area (Å²) < 4.78 is 11.6. The molecule has 2 aromatic carbocycles. The van der Waals surface area contributed by atoms with Crippen molar-refractivity contribution in [1.29, 1.82) is 0 Å². The van der Waals surface area contributed by atoms with E-state index < -0.39 is 20.5 Å². The van der Waals surface area contributed by atoms with Crippen LogP contribution >= 0.6 is 0 Å². The summed E-state index contributed by atoms with van der Waals surface area (Å²) in [5, 5.41) is 6.02. The SMILES string of the molecule is CC(=O)N1c2ccc(C(=O)NCCO[Si](C)(C)C(C)(C)C)cc2C(NC(=O)OCc2ccccc2)C(C)C1C. The average Bonchev–Trinajstić information content (AvgIpc) is 2.87. The Labute approximate surface area is 233 Å². The van der Waals surface area contributed by atoms with Gasteiger partial charge in [0.05, 0.1) is 12.6 Å². The third kappa shape index (κ3) is 7.27. The lowest BCUT2D eigenvalue weighted by Gasteiger charge is -2.43. The zero-order chi connectivity index (χ0) is 29.0. The predicted molar refractivity (Wildman–Crippen MR) is 156 cm³/mol. The lowest BCUT2D eigenvalue weighted by Crippen LogP contribution is -2.50. The van der Waals surface area contributed by atoms with Crippen LogP contribution in [0.25, 0.3) is 0 Å². The van der Waals surface area contributed by atoms with Crippen molar-refractivity contribution >= 4 is 31.9 Å². The number of carbonyl (C=O) groups is 3. The highest BCUT2D eigenvalue weighted by molar-refractivity contribution is 6.74. The second kappa shape index (κ2) is 12.3. The lowest BCUT2D eigenvalue weighted by atomic mass is 9.82. The van der Waals surface area contributed by atoms with Crippen LogP contribution in [-0.2, 0) is 20.6 Å². The molecule has 3 unspecified atom stereocenters. The second-order valence-electron chi connectivity index (χ2n) is 11.8. The molecule has 0 fully saturated rings. The average molecular weight is 554 g/mol. The maximum absolute atomic E-state index is 13.1. The highest BCUT2D eigenvalue weighted by Gasteiger charge is 2.40. The van der Waals surface area contributed by atoms with Gasteiger partial charge in [-0.15, -0.1) is 0 Å². The van der Waals surface area contributed by atoms with Crippen LogP contribution in [0.1, 0.15) is 69.1 Å². The molecule has 1 heterocycles. The van der Waals surface area contributed by atoms with E-state index in [1.54, 1.807) is 23.1 Å². The van der Waals surface area contributed by atoms with Crippen LogP contribution in [-0.4, -0.2) is 45.4 Å². The van der Waals surface area contributed by atoms with E-state index in [1.807, 2.05) is 44.2 Å². The molecule has 0 aliphatic carbocycles. The van der Waals surface area contributed by atoms with E-state index in [4.69, 9.17) is 9.16 Å². The number of anilines is 1. The third-order valence-corrected chi connectivity index (χ3v) is 12.6. The van der Waals surface area contributed by atoms with Gasteiger partial charge in [0.1, 0.15) is 6.61 Å². The van der Waals surface area contributed by atoms with Crippen molar-refractivity contribution in [2.24, 2.45) is 5.92 Å². The summed E-state index contributed by atoms with van der Waals surface area (Å²) in [5.74, 6) is -0.453. The molecule has 212 valence electrons. The van der Waals surface area contributed by atoms with Gasteiger partial charge in [-0.3, -0.25) is 9.59 Å². The summed E-state index contributed by atoms with van der Waals surface area (Å²) in [6, 6.07) is 14.1. The van der Waals surface area contributed by atoms with E-state index in [-0.39, 0.29) is 35.4 Å². The molecule has 0 radical (unpaired) electrons. The highest BCUT2D eigenvalue weighted by Crippen LogP contribution is 2.41. The van der Waals surface area contributed by atoms with Crippen molar-refractivity contribution in [2.75, 3.05) is 18.1 Å². The fraction of sp³-hybridized carbons (Fsp3) is 0.500. The summed E-state index contributed by atoms with van der Waals surface area (Å²) in [7, 11) is -1.90. The van der Waals surface area contributed by atoms with Crippen molar-refractivity contribution in [3.63, 3.8) is 0 Å². The molecular weight excluding hydrogens is 510 g/mol. The van der Waals surface area contributed by atoms with Gasteiger partial charge in [0.2, 0.25) is 5.91 Å². The van der Waals surface area contributed by atoms with Gasteiger partial charge in [0.15, 0.2) is 8.32 Å². The van der Waals surface area contributed by atoms with Crippen LogP contribution < -0.4 is 15.5 Å². The first-order chi connectivity index (χ1) is 18.2. The summed E-state index contributed by atoms with van der Waals surface area (Å²) >= 11 is 0. The summed E-state index contributed by atoms with van der Waals surface area (Å²) in [5.41, 5.74) is 2.73. The van der Waals surface area contributed by atoms with Gasteiger partial charge < -0.3 is 24.7 Å². The quantitative estimate of drug-likeness (QED) is 0.318. The molecule has 0 saturated heterocycles. The predicted octanol–water partition coefficient (Wildman–Crippen LogP) is 5.80. The van der Waals surface area contributed by atoms with Gasteiger partial charge in [-0.05, 0) is 54.4 Å². The zero-order valence-corrected chi connectivity index (χ0v) is 25.5. The second-order valence-corrected chi connectivity index (χ2v) is 16.6. The van der Waals surface area contributed by atoms with Gasteiger partial charge in [0, 0.05) is 36.7 Å². The van der Waals surface area contributed by atoms with E-state index in [0.29, 0.717) is 30.0 Å². The Bertz CT molecular complexity index is 1180. The minimum absolute atomic E-state index is 0.0934. The van der Waals surface area contributed by atoms with Crippen molar-refractivity contribution in [2.45, 2.75) is 78.4 Å². The Balaban J connectivity index is 1.76. The van der Waals surface area contributed by atoms with Crippen molar-refractivity contribution < 1.29 is 23.5 Å².